The highest BCUT2D eigenvalue weighted by Crippen LogP contribution is 2.23. The number of aliphatic hydroxyl groups excluding tert-OH is 1. The molecule has 0 saturated heterocycles. The molecule has 2 N–H and O–H groups in total. The number of nitrogens with zero attached hydrogens (tertiary/aromatic N) is 1. The topological polar surface area (TPSA) is 75.4 Å². The maximum Gasteiger partial charge on any atom is 0.270 e. The van der Waals surface area contributed by atoms with Gasteiger partial charge in [-0.1, -0.05) is 0 Å². The van der Waals surface area contributed by atoms with Gasteiger partial charge in [0.2, 0.25) is 0 Å². The van der Waals surface area contributed by atoms with E-state index in [1.54, 1.807) is 30.9 Å². The van der Waals surface area contributed by atoms with Crippen LogP contribution in [0.1, 0.15) is 23.8 Å². The van der Waals surface area contributed by atoms with Gasteiger partial charge in [0.05, 0.1) is 12.4 Å². The van der Waals surface area contributed by atoms with Crippen LogP contribution in [-0.2, 0) is 0 Å². The molecule has 1 unspecified atom stereocenters. The Hall–Kier alpha value is -1.66. The van der Waals surface area contributed by atoms with E-state index < -0.39 is 6.10 Å². The number of hydrogen-bond acceptors (Lipinski definition) is 5. The van der Waals surface area contributed by atoms with Gasteiger partial charge in [-0.15, -0.1) is 11.3 Å². The maximum absolute atomic E-state index is 11.7. The average molecular weight is 266 g/mol. The van der Waals surface area contributed by atoms with E-state index in [1.165, 1.54) is 11.3 Å². The minimum Gasteiger partial charge on any atom is -0.472 e. The largest absolute Gasteiger partial charge is 0.472 e. The fourth-order valence-corrected chi connectivity index (χ4v) is 2.17. The molecule has 6 heteroatoms. The Bertz CT molecular complexity index is 505. The van der Waals surface area contributed by atoms with Crippen molar-refractivity contribution in [2.75, 3.05) is 6.54 Å². The quantitative estimate of drug-likeness (QED) is 0.866. The molecule has 2 heterocycles. The highest BCUT2D eigenvalue weighted by atomic mass is 32.1. The van der Waals surface area contributed by atoms with Crippen LogP contribution in [0.2, 0.25) is 0 Å². The van der Waals surface area contributed by atoms with Crippen molar-refractivity contribution in [1.82, 2.24) is 10.3 Å². The van der Waals surface area contributed by atoms with E-state index in [2.05, 4.69) is 10.3 Å². The van der Waals surface area contributed by atoms with Gasteiger partial charge in [-0.2, -0.15) is 0 Å². The number of carbonyl (C=O) groups is 1. The standard InChI is InChI=1S/C12H14N2O3S/c1-8(15)2-4-13-11(16)10-7-18-12(14-10)9-3-5-17-6-9/h3,5-8,15H,2,4H2,1H3,(H,13,16). The van der Waals surface area contributed by atoms with Gasteiger partial charge >= 0.3 is 0 Å². The van der Waals surface area contributed by atoms with Crippen LogP contribution in [0.3, 0.4) is 0 Å². The Balaban J connectivity index is 1.95. The summed E-state index contributed by atoms with van der Waals surface area (Å²) >= 11 is 1.39. The second kappa shape index (κ2) is 5.79. The van der Waals surface area contributed by atoms with Gasteiger partial charge in [-0.25, -0.2) is 4.98 Å². The number of hydrogen-bond donors (Lipinski definition) is 2. The van der Waals surface area contributed by atoms with E-state index in [1.807, 2.05) is 0 Å². The van der Waals surface area contributed by atoms with Gasteiger partial charge < -0.3 is 14.8 Å². The second-order valence-corrected chi connectivity index (χ2v) is 4.80. The average Bonchev–Trinajstić information content (AvgIpc) is 2.99. The Morgan fingerprint density at radius 2 is 2.50 bits per heavy atom. The molecule has 0 radical (unpaired) electrons. The van der Waals surface area contributed by atoms with Crippen LogP contribution in [0.15, 0.2) is 28.4 Å². The van der Waals surface area contributed by atoms with Crippen molar-refractivity contribution in [1.29, 1.82) is 0 Å². The molecular formula is C12H14N2O3S. The summed E-state index contributed by atoms with van der Waals surface area (Å²) in [7, 11) is 0. The van der Waals surface area contributed by atoms with Gasteiger partial charge in [-0.3, -0.25) is 4.79 Å². The first-order valence-corrected chi connectivity index (χ1v) is 6.49. The lowest BCUT2D eigenvalue weighted by Crippen LogP contribution is -2.26. The van der Waals surface area contributed by atoms with Gasteiger partial charge in [-0.05, 0) is 19.4 Å². The molecule has 1 amide bonds. The number of rotatable bonds is 5. The van der Waals surface area contributed by atoms with E-state index in [9.17, 15) is 4.79 Å². The lowest BCUT2D eigenvalue weighted by atomic mass is 10.3. The van der Waals surface area contributed by atoms with E-state index in [0.717, 1.165) is 10.6 Å². The minimum atomic E-state index is -0.415. The summed E-state index contributed by atoms with van der Waals surface area (Å²) in [6.07, 6.45) is 3.28. The molecule has 2 aromatic rings. The van der Waals surface area contributed by atoms with Crippen molar-refractivity contribution in [3.05, 3.63) is 29.7 Å². The van der Waals surface area contributed by atoms with Crippen molar-refractivity contribution < 1.29 is 14.3 Å². The van der Waals surface area contributed by atoms with Crippen molar-refractivity contribution in [3.63, 3.8) is 0 Å². The summed E-state index contributed by atoms with van der Waals surface area (Å²) in [6, 6.07) is 1.80. The Kier molecular flexibility index (Phi) is 4.11. The lowest BCUT2D eigenvalue weighted by Gasteiger charge is -2.04. The number of carbonyl (C=O) groups excluding carboxylic acids is 1. The minimum absolute atomic E-state index is 0.221. The van der Waals surface area contributed by atoms with Crippen molar-refractivity contribution >= 4 is 17.2 Å². The van der Waals surface area contributed by atoms with Crippen LogP contribution in [-0.4, -0.2) is 28.6 Å². The smallest absolute Gasteiger partial charge is 0.270 e. The molecule has 0 aromatic carbocycles. The maximum atomic E-state index is 11.7. The monoisotopic (exact) mass is 266 g/mol. The van der Waals surface area contributed by atoms with E-state index in [4.69, 9.17) is 9.52 Å². The summed E-state index contributed by atoms with van der Waals surface area (Å²) < 4.78 is 4.97. The number of aliphatic hydroxyl groups is 1. The summed E-state index contributed by atoms with van der Waals surface area (Å²) in [5, 5.41) is 14.3. The van der Waals surface area contributed by atoms with Gasteiger partial charge in [0.15, 0.2) is 0 Å². The molecule has 0 aliphatic carbocycles. The number of thiazole rings is 1. The highest BCUT2D eigenvalue weighted by Gasteiger charge is 2.12. The molecule has 0 aliphatic heterocycles. The third-order valence-corrected chi connectivity index (χ3v) is 3.24. The van der Waals surface area contributed by atoms with Gasteiger partial charge in [0, 0.05) is 17.5 Å². The van der Waals surface area contributed by atoms with Crippen molar-refractivity contribution in [2.45, 2.75) is 19.4 Å². The van der Waals surface area contributed by atoms with Crippen LogP contribution in [0.4, 0.5) is 0 Å². The van der Waals surface area contributed by atoms with Gasteiger partial charge in [0.25, 0.3) is 5.91 Å². The fraction of sp³-hybridized carbons (Fsp3) is 0.333. The summed E-state index contributed by atoms with van der Waals surface area (Å²) in [4.78, 5) is 16.0. The first-order valence-electron chi connectivity index (χ1n) is 5.61. The summed E-state index contributed by atoms with van der Waals surface area (Å²) in [6.45, 7) is 2.13. The molecule has 1 atom stereocenters. The second-order valence-electron chi connectivity index (χ2n) is 3.94. The molecule has 0 saturated carbocycles. The predicted molar refractivity (Wildman–Crippen MR) is 68.4 cm³/mol. The van der Waals surface area contributed by atoms with Crippen LogP contribution in [0, 0.1) is 0 Å². The van der Waals surface area contributed by atoms with Crippen LogP contribution in [0.5, 0.6) is 0 Å². The molecule has 18 heavy (non-hydrogen) atoms. The lowest BCUT2D eigenvalue weighted by molar-refractivity contribution is 0.0941. The highest BCUT2D eigenvalue weighted by molar-refractivity contribution is 7.13. The zero-order valence-corrected chi connectivity index (χ0v) is 10.7. The number of nitrogens with one attached hydrogen (secondary N) is 1. The van der Waals surface area contributed by atoms with E-state index >= 15 is 0 Å². The predicted octanol–water partition coefficient (Wildman–Crippen LogP) is 1.90. The molecule has 5 nitrogen and oxygen atoms in total. The fourth-order valence-electron chi connectivity index (χ4n) is 1.38. The zero-order chi connectivity index (χ0) is 13.0. The van der Waals surface area contributed by atoms with Crippen LogP contribution < -0.4 is 5.32 Å². The Morgan fingerprint density at radius 3 is 3.17 bits per heavy atom. The zero-order valence-electron chi connectivity index (χ0n) is 9.92. The Morgan fingerprint density at radius 1 is 1.67 bits per heavy atom. The molecule has 0 bridgehead atoms. The molecule has 0 spiro atoms. The third kappa shape index (κ3) is 3.18. The summed E-state index contributed by atoms with van der Waals surface area (Å²) in [5.74, 6) is -0.221. The first kappa shape index (κ1) is 12.8. The molecule has 0 fully saturated rings. The van der Waals surface area contributed by atoms with Crippen LogP contribution >= 0.6 is 11.3 Å². The van der Waals surface area contributed by atoms with E-state index in [-0.39, 0.29) is 5.91 Å². The molecule has 2 aromatic heterocycles. The van der Waals surface area contributed by atoms with Crippen molar-refractivity contribution in [3.8, 4) is 10.6 Å². The molecule has 0 aliphatic rings. The summed E-state index contributed by atoms with van der Waals surface area (Å²) in [5.41, 5.74) is 1.25. The van der Waals surface area contributed by atoms with E-state index in [0.29, 0.717) is 18.7 Å². The Labute approximate surface area is 108 Å². The van der Waals surface area contributed by atoms with Crippen LogP contribution in [0.25, 0.3) is 10.6 Å². The molecular weight excluding hydrogens is 252 g/mol. The molecule has 96 valence electrons. The number of aromatic nitrogens is 1. The number of amides is 1. The first-order chi connectivity index (χ1) is 8.66. The van der Waals surface area contributed by atoms with Crippen molar-refractivity contribution in [2.24, 2.45) is 0 Å². The normalized spacial score (nSPS) is 12.3. The van der Waals surface area contributed by atoms with Gasteiger partial charge in [0.1, 0.15) is 17.0 Å². The SMILES string of the molecule is CC(O)CCNC(=O)c1csc(-c2ccoc2)n1. The molecule has 2 rings (SSSR count). The number of furan rings is 1. The third-order valence-electron chi connectivity index (χ3n) is 2.35.